The van der Waals surface area contributed by atoms with E-state index in [1.807, 2.05) is 31.2 Å². The first-order valence-corrected chi connectivity index (χ1v) is 9.60. The first kappa shape index (κ1) is 18.0. The lowest BCUT2D eigenvalue weighted by Crippen LogP contribution is -2.36. The zero-order valence-corrected chi connectivity index (χ0v) is 15.1. The number of rotatable bonds is 6. The van der Waals surface area contributed by atoms with Gasteiger partial charge in [0.25, 0.3) is 0 Å². The SMILES string of the molecule is Cc1ccc(CNC(=O)CNS(=O)(=O)c2cccc3cccnc23)cc1. The van der Waals surface area contributed by atoms with Crippen LogP contribution in [0.1, 0.15) is 11.1 Å². The van der Waals surface area contributed by atoms with Gasteiger partial charge in [-0.25, -0.2) is 13.1 Å². The van der Waals surface area contributed by atoms with Crippen LogP contribution in [0.4, 0.5) is 0 Å². The molecule has 0 aliphatic heterocycles. The number of benzene rings is 2. The van der Waals surface area contributed by atoms with Crippen molar-refractivity contribution in [1.29, 1.82) is 0 Å². The van der Waals surface area contributed by atoms with Crippen LogP contribution in [0.2, 0.25) is 0 Å². The van der Waals surface area contributed by atoms with Gasteiger partial charge in [0.2, 0.25) is 15.9 Å². The molecule has 0 bridgehead atoms. The Morgan fingerprint density at radius 1 is 1.04 bits per heavy atom. The van der Waals surface area contributed by atoms with Crippen LogP contribution in [-0.2, 0) is 21.4 Å². The maximum Gasteiger partial charge on any atom is 0.243 e. The number of hydrogen-bond donors (Lipinski definition) is 2. The average Bonchev–Trinajstić information content (AvgIpc) is 2.65. The first-order chi connectivity index (χ1) is 12.5. The van der Waals surface area contributed by atoms with E-state index in [2.05, 4.69) is 15.0 Å². The van der Waals surface area contributed by atoms with Crippen LogP contribution in [0.5, 0.6) is 0 Å². The highest BCUT2D eigenvalue weighted by molar-refractivity contribution is 7.89. The maximum absolute atomic E-state index is 12.5. The summed E-state index contributed by atoms with van der Waals surface area (Å²) in [6, 6.07) is 16.2. The van der Waals surface area contributed by atoms with Crippen molar-refractivity contribution in [2.75, 3.05) is 6.54 Å². The highest BCUT2D eigenvalue weighted by atomic mass is 32.2. The van der Waals surface area contributed by atoms with Gasteiger partial charge in [0.15, 0.2) is 0 Å². The summed E-state index contributed by atoms with van der Waals surface area (Å²) in [5, 5.41) is 3.42. The summed E-state index contributed by atoms with van der Waals surface area (Å²) in [4.78, 5) is 16.2. The first-order valence-electron chi connectivity index (χ1n) is 8.11. The minimum Gasteiger partial charge on any atom is -0.351 e. The third-order valence-electron chi connectivity index (χ3n) is 3.92. The second-order valence-electron chi connectivity index (χ2n) is 5.92. The van der Waals surface area contributed by atoms with Gasteiger partial charge in [0.05, 0.1) is 12.1 Å². The summed E-state index contributed by atoms with van der Waals surface area (Å²) < 4.78 is 27.4. The molecule has 2 aromatic carbocycles. The highest BCUT2D eigenvalue weighted by Crippen LogP contribution is 2.20. The number of sulfonamides is 1. The van der Waals surface area contributed by atoms with Crippen molar-refractivity contribution >= 4 is 26.8 Å². The number of hydrogen-bond acceptors (Lipinski definition) is 4. The number of nitrogens with one attached hydrogen (secondary N) is 2. The van der Waals surface area contributed by atoms with E-state index in [9.17, 15) is 13.2 Å². The Bertz CT molecular complexity index is 1030. The van der Waals surface area contributed by atoms with E-state index >= 15 is 0 Å². The number of carbonyl (C=O) groups is 1. The van der Waals surface area contributed by atoms with Crippen molar-refractivity contribution in [3.8, 4) is 0 Å². The van der Waals surface area contributed by atoms with Crippen LogP contribution in [0.15, 0.2) is 65.7 Å². The summed E-state index contributed by atoms with van der Waals surface area (Å²) in [6.07, 6.45) is 1.54. The predicted molar refractivity (Wildman–Crippen MR) is 100.0 cm³/mol. The Balaban J connectivity index is 1.64. The molecule has 0 aliphatic carbocycles. The zero-order chi connectivity index (χ0) is 18.6. The van der Waals surface area contributed by atoms with Gasteiger partial charge in [-0.15, -0.1) is 0 Å². The number of aryl methyl sites for hydroxylation is 1. The molecule has 1 heterocycles. The molecule has 7 heteroatoms. The molecule has 0 spiro atoms. The number of aromatic nitrogens is 1. The summed E-state index contributed by atoms with van der Waals surface area (Å²) in [5.41, 5.74) is 2.46. The molecule has 26 heavy (non-hydrogen) atoms. The van der Waals surface area contributed by atoms with Crippen LogP contribution in [0, 0.1) is 6.92 Å². The molecule has 0 fully saturated rings. The molecule has 0 radical (unpaired) electrons. The Hall–Kier alpha value is -2.77. The summed E-state index contributed by atoms with van der Waals surface area (Å²) in [6.45, 7) is 1.99. The van der Waals surface area contributed by atoms with Gasteiger partial charge in [-0.1, -0.05) is 48.0 Å². The monoisotopic (exact) mass is 369 g/mol. The molecule has 0 atom stereocenters. The van der Waals surface area contributed by atoms with Crippen molar-refractivity contribution in [3.05, 3.63) is 71.9 Å². The zero-order valence-electron chi connectivity index (χ0n) is 14.3. The lowest BCUT2D eigenvalue weighted by atomic mass is 10.1. The molecule has 0 aliphatic rings. The predicted octanol–water partition coefficient (Wildman–Crippen LogP) is 2.14. The van der Waals surface area contributed by atoms with Crippen molar-refractivity contribution in [2.45, 2.75) is 18.4 Å². The molecule has 3 rings (SSSR count). The van der Waals surface area contributed by atoms with Crippen LogP contribution in [-0.4, -0.2) is 25.9 Å². The lowest BCUT2D eigenvalue weighted by molar-refractivity contribution is -0.120. The number of nitrogens with zero attached hydrogens (tertiary/aromatic N) is 1. The molecule has 6 nitrogen and oxygen atoms in total. The second kappa shape index (κ2) is 7.63. The van der Waals surface area contributed by atoms with E-state index in [1.54, 1.807) is 24.3 Å². The van der Waals surface area contributed by atoms with Gasteiger partial charge in [0.1, 0.15) is 4.90 Å². The quantitative estimate of drug-likeness (QED) is 0.697. The van der Waals surface area contributed by atoms with E-state index in [-0.39, 0.29) is 11.4 Å². The van der Waals surface area contributed by atoms with E-state index in [4.69, 9.17) is 0 Å². The Kier molecular flexibility index (Phi) is 5.29. The minimum absolute atomic E-state index is 0.0573. The van der Waals surface area contributed by atoms with Gasteiger partial charge in [0, 0.05) is 18.1 Å². The van der Waals surface area contributed by atoms with Gasteiger partial charge in [-0.3, -0.25) is 9.78 Å². The number of para-hydroxylation sites is 1. The van der Waals surface area contributed by atoms with Crippen molar-refractivity contribution in [2.24, 2.45) is 0 Å². The lowest BCUT2D eigenvalue weighted by Gasteiger charge is -2.09. The molecule has 1 amide bonds. The fraction of sp³-hybridized carbons (Fsp3) is 0.158. The Morgan fingerprint density at radius 3 is 2.54 bits per heavy atom. The fourth-order valence-electron chi connectivity index (χ4n) is 2.50. The third kappa shape index (κ3) is 4.25. The minimum atomic E-state index is -3.84. The Labute approximate surface area is 152 Å². The van der Waals surface area contributed by atoms with Gasteiger partial charge < -0.3 is 5.32 Å². The number of fused-ring (bicyclic) bond motifs is 1. The fourth-order valence-corrected chi connectivity index (χ4v) is 3.66. The van der Waals surface area contributed by atoms with Crippen LogP contribution in [0.25, 0.3) is 10.9 Å². The average molecular weight is 369 g/mol. The molecule has 0 saturated heterocycles. The van der Waals surface area contributed by atoms with Crippen LogP contribution in [0.3, 0.4) is 0 Å². The molecular formula is C19H19N3O3S. The summed E-state index contributed by atoms with van der Waals surface area (Å²) >= 11 is 0. The number of amides is 1. The topological polar surface area (TPSA) is 88.2 Å². The highest BCUT2D eigenvalue weighted by Gasteiger charge is 2.19. The molecule has 0 saturated carbocycles. The molecule has 2 N–H and O–H groups in total. The molecule has 0 unspecified atom stereocenters. The van der Waals surface area contributed by atoms with Gasteiger partial charge >= 0.3 is 0 Å². The summed E-state index contributed by atoms with van der Waals surface area (Å²) in [5.74, 6) is -0.401. The molecular weight excluding hydrogens is 350 g/mol. The van der Waals surface area contributed by atoms with Crippen LogP contribution < -0.4 is 10.0 Å². The molecule has 1 aromatic heterocycles. The maximum atomic E-state index is 12.5. The van der Waals surface area contributed by atoms with Crippen molar-refractivity contribution < 1.29 is 13.2 Å². The standard InChI is InChI=1S/C19H19N3O3S/c1-14-7-9-15(10-8-14)12-21-18(23)13-22-26(24,25)17-6-2-4-16-5-3-11-20-19(16)17/h2-11,22H,12-13H2,1H3,(H,21,23). The Morgan fingerprint density at radius 2 is 1.77 bits per heavy atom. The largest absolute Gasteiger partial charge is 0.351 e. The molecule has 3 aromatic rings. The van der Waals surface area contributed by atoms with Gasteiger partial charge in [-0.05, 0) is 24.6 Å². The normalized spacial score (nSPS) is 11.4. The van der Waals surface area contributed by atoms with E-state index < -0.39 is 15.9 Å². The van der Waals surface area contributed by atoms with E-state index in [1.165, 1.54) is 12.3 Å². The third-order valence-corrected chi connectivity index (χ3v) is 5.35. The number of pyridine rings is 1. The van der Waals surface area contributed by atoms with Gasteiger partial charge in [-0.2, -0.15) is 0 Å². The second-order valence-corrected chi connectivity index (χ2v) is 7.65. The van der Waals surface area contributed by atoms with E-state index in [0.29, 0.717) is 12.1 Å². The molecule has 134 valence electrons. The number of carbonyl (C=O) groups excluding carboxylic acids is 1. The van der Waals surface area contributed by atoms with Crippen LogP contribution >= 0.6 is 0 Å². The van der Waals surface area contributed by atoms with Crippen molar-refractivity contribution in [1.82, 2.24) is 15.0 Å². The van der Waals surface area contributed by atoms with E-state index in [0.717, 1.165) is 16.5 Å². The van der Waals surface area contributed by atoms with Crippen molar-refractivity contribution in [3.63, 3.8) is 0 Å². The summed E-state index contributed by atoms with van der Waals surface area (Å²) in [7, 11) is -3.84. The smallest absolute Gasteiger partial charge is 0.243 e.